The third kappa shape index (κ3) is 2.05. The van der Waals surface area contributed by atoms with Gasteiger partial charge in [-0.15, -0.1) is 0 Å². The Morgan fingerprint density at radius 2 is 2.42 bits per heavy atom. The smallest absolute Gasteiger partial charge is 0.174 e. The number of hydrogen-bond acceptors (Lipinski definition) is 3. The molecule has 12 heavy (non-hydrogen) atoms. The molecular weight excluding hydrogens is 176 g/mol. The van der Waals surface area contributed by atoms with Crippen LogP contribution < -0.4 is 0 Å². The Morgan fingerprint density at radius 1 is 1.67 bits per heavy atom. The normalized spacial score (nSPS) is 27.8. The van der Waals surface area contributed by atoms with E-state index in [1.807, 2.05) is 0 Å². The lowest BCUT2D eigenvalue weighted by atomic mass is 10.1. The molecular formula is C8H13ClN2O. The highest BCUT2D eigenvalue weighted by Gasteiger charge is 2.29. The molecule has 0 radical (unpaired) electrons. The predicted octanol–water partition coefficient (Wildman–Crippen LogP) is 1.59. The molecule has 0 aromatic rings. The monoisotopic (exact) mass is 188 g/mol. The van der Waals surface area contributed by atoms with Gasteiger partial charge in [-0.25, -0.2) is 4.99 Å². The van der Waals surface area contributed by atoms with Crippen LogP contribution >= 0.6 is 11.6 Å². The lowest BCUT2D eigenvalue weighted by Gasteiger charge is -2.19. The van der Waals surface area contributed by atoms with Crippen LogP contribution in [-0.2, 0) is 0 Å². The molecule has 3 nitrogen and oxygen atoms in total. The number of hydrogen-bond donors (Lipinski definition) is 1. The van der Waals surface area contributed by atoms with Crippen molar-refractivity contribution in [2.75, 3.05) is 6.61 Å². The maximum atomic E-state index is 9.08. The highest BCUT2D eigenvalue weighted by atomic mass is 35.5. The lowest BCUT2D eigenvalue weighted by molar-refractivity contribution is 0.195. The fourth-order valence-corrected chi connectivity index (χ4v) is 1.37. The average Bonchev–Trinajstić information content (AvgIpc) is 2.45. The summed E-state index contributed by atoms with van der Waals surface area (Å²) in [5, 5.41) is 9.47. The second-order valence-corrected chi connectivity index (χ2v) is 3.32. The van der Waals surface area contributed by atoms with Crippen LogP contribution in [0.15, 0.2) is 9.98 Å². The number of aliphatic hydroxyl groups is 1. The van der Waals surface area contributed by atoms with Gasteiger partial charge in [0.05, 0.1) is 12.8 Å². The van der Waals surface area contributed by atoms with Crippen molar-refractivity contribution >= 4 is 23.0 Å². The van der Waals surface area contributed by atoms with E-state index in [4.69, 9.17) is 16.7 Å². The van der Waals surface area contributed by atoms with Gasteiger partial charge >= 0.3 is 0 Å². The van der Waals surface area contributed by atoms with E-state index < -0.39 is 5.66 Å². The maximum absolute atomic E-state index is 9.08. The third-order valence-corrected chi connectivity index (χ3v) is 2.09. The van der Waals surface area contributed by atoms with E-state index in [1.54, 1.807) is 0 Å². The SMILES string of the molecule is CCCCC1(CO)N=CC(Cl)=N1. The topological polar surface area (TPSA) is 45.0 Å². The lowest BCUT2D eigenvalue weighted by Crippen LogP contribution is -2.26. The van der Waals surface area contributed by atoms with Gasteiger partial charge in [-0.05, 0) is 12.8 Å². The van der Waals surface area contributed by atoms with Crippen LogP contribution in [-0.4, -0.2) is 28.8 Å². The molecule has 0 aliphatic carbocycles. The Bertz CT molecular complexity index is 215. The molecule has 0 fully saturated rings. The summed E-state index contributed by atoms with van der Waals surface area (Å²) in [5.74, 6) is 0. The van der Waals surface area contributed by atoms with Gasteiger partial charge < -0.3 is 5.11 Å². The molecule has 68 valence electrons. The first-order valence-electron chi connectivity index (χ1n) is 4.14. The molecule has 1 aliphatic heterocycles. The van der Waals surface area contributed by atoms with Crippen LogP contribution in [0.1, 0.15) is 26.2 Å². The molecule has 0 saturated carbocycles. The number of unbranched alkanes of at least 4 members (excludes halogenated alkanes) is 1. The molecule has 0 spiro atoms. The number of rotatable bonds is 4. The van der Waals surface area contributed by atoms with Crippen molar-refractivity contribution in [1.29, 1.82) is 0 Å². The van der Waals surface area contributed by atoms with Gasteiger partial charge in [0.2, 0.25) is 0 Å². The molecule has 1 heterocycles. The molecule has 1 aliphatic rings. The van der Waals surface area contributed by atoms with Crippen molar-refractivity contribution in [3.63, 3.8) is 0 Å². The highest BCUT2D eigenvalue weighted by Crippen LogP contribution is 2.24. The number of aliphatic hydroxyl groups excluding tert-OH is 1. The average molecular weight is 189 g/mol. The summed E-state index contributed by atoms with van der Waals surface area (Å²) >= 11 is 5.64. The summed E-state index contributed by atoms with van der Waals surface area (Å²) in [5.41, 5.74) is -0.660. The van der Waals surface area contributed by atoms with Gasteiger partial charge in [-0.1, -0.05) is 24.9 Å². The highest BCUT2D eigenvalue weighted by molar-refractivity contribution is 6.80. The molecule has 1 unspecified atom stereocenters. The predicted molar refractivity (Wildman–Crippen MR) is 51.1 cm³/mol. The van der Waals surface area contributed by atoms with Crippen molar-refractivity contribution in [3.05, 3.63) is 0 Å². The van der Waals surface area contributed by atoms with Crippen LogP contribution in [0, 0.1) is 0 Å². The zero-order valence-electron chi connectivity index (χ0n) is 7.13. The van der Waals surface area contributed by atoms with E-state index in [0.717, 1.165) is 19.3 Å². The summed E-state index contributed by atoms with van der Waals surface area (Å²) in [6.45, 7) is 2.04. The van der Waals surface area contributed by atoms with Crippen LogP contribution in [0.25, 0.3) is 0 Å². The van der Waals surface area contributed by atoms with Gasteiger partial charge in [-0.2, -0.15) is 0 Å². The molecule has 0 aromatic carbocycles. The standard InChI is InChI=1S/C8H13ClN2O/c1-2-3-4-8(6-12)10-5-7(9)11-8/h5,12H,2-4,6H2,1H3. The summed E-state index contributed by atoms with van der Waals surface area (Å²) in [7, 11) is 0. The molecule has 4 heteroatoms. The van der Waals surface area contributed by atoms with Crippen molar-refractivity contribution < 1.29 is 5.11 Å². The zero-order valence-corrected chi connectivity index (χ0v) is 7.88. The van der Waals surface area contributed by atoms with E-state index in [1.165, 1.54) is 6.21 Å². The Labute approximate surface area is 77.2 Å². The summed E-state index contributed by atoms with van der Waals surface area (Å²) in [6, 6.07) is 0. The molecule has 1 atom stereocenters. The Kier molecular flexibility index (Phi) is 3.23. The third-order valence-electron chi connectivity index (χ3n) is 1.91. The quantitative estimate of drug-likeness (QED) is 0.716. The number of aliphatic imine (C=N–C) groups is 2. The Hall–Kier alpha value is -0.410. The second kappa shape index (κ2) is 4.01. The first-order valence-corrected chi connectivity index (χ1v) is 4.52. The van der Waals surface area contributed by atoms with Gasteiger partial charge in [-0.3, -0.25) is 4.99 Å². The van der Waals surface area contributed by atoms with Crippen molar-refractivity contribution in [3.8, 4) is 0 Å². The Morgan fingerprint density at radius 3 is 2.83 bits per heavy atom. The van der Waals surface area contributed by atoms with E-state index >= 15 is 0 Å². The first-order chi connectivity index (χ1) is 5.72. The van der Waals surface area contributed by atoms with Gasteiger partial charge in [0.15, 0.2) is 5.66 Å². The number of halogens is 1. The second-order valence-electron chi connectivity index (χ2n) is 2.94. The van der Waals surface area contributed by atoms with Crippen molar-refractivity contribution in [1.82, 2.24) is 0 Å². The molecule has 1 rings (SSSR count). The molecule has 0 aromatic heterocycles. The zero-order chi connectivity index (χ0) is 9.03. The van der Waals surface area contributed by atoms with E-state index in [2.05, 4.69) is 16.9 Å². The fourth-order valence-electron chi connectivity index (χ4n) is 1.17. The molecule has 0 bridgehead atoms. The fraction of sp³-hybridized carbons (Fsp3) is 0.750. The van der Waals surface area contributed by atoms with E-state index in [0.29, 0.717) is 5.17 Å². The summed E-state index contributed by atoms with van der Waals surface area (Å²) < 4.78 is 0. The minimum Gasteiger partial charge on any atom is -0.392 e. The van der Waals surface area contributed by atoms with Gasteiger partial charge in [0.1, 0.15) is 5.17 Å². The molecule has 0 saturated heterocycles. The van der Waals surface area contributed by atoms with E-state index in [-0.39, 0.29) is 6.61 Å². The van der Waals surface area contributed by atoms with Gasteiger partial charge in [0.25, 0.3) is 0 Å². The Balaban J connectivity index is 2.60. The minimum atomic E-state index is -0.660. The van der Waals surface area contributed by atoms with Crippen LogP contribution in [0.5, 0.6) is 0 Å². The minimum absolute atomic E-state index is 0.0558. The summed E-state index contributed by atoms with van der Waals surface area (Å²) in [6.07, 6.45) is 4.36. The maximum Gasteiger partial charge on any atom is 0.174 e. The largest absolute Gasteiger partial charge is 0.392 e. The van der Waals surface area contributed by atoms with E-state index in [9.17, 15) is 0 Å². The van der Waals surface area contributed by atoms with Crippen molar-refractivity contribution in [2.45, 2.75) is 31.8 Å². The van der Waals surface area contributed by atoms with Crippen LogP contribution in [0.4, 0.5) is 0 Å². The molecule has 1 N–H and O–H groups in total. The number of nitrogens with zero attached hydrogens (tertiary/aromatic N) is 2. The van der Waals surface area contributed by atoms with Crippen LogP contribution in [0.2, 0.25) is 0 Å². The van der Waals surface area contributed by atoms with Crippen molar-refractivity contribution in [2.24, 2.45) is 9.98 Å². The van der Waals surface area contributed by atoms with Crippen LogP contribution in [0.3, 0.4) is 0 Å². The summed E-state index contributed by atoms with van der Waals surface area (Å²) in [4.78, 5) is 8.18. The first kappa shape index (κ1) is 9.68. The molecule has 0 amide bonds. The van der Waals surface area contributed by atoms with Gasteiger partial charge in [0, 0.05) is 0 Å².